The molecule has 1 saturated heterocycles. The van der Waals surface area contributed by atoms with E-state index in [9.17, 15) is 13.2 Å². The van der Waals surface area contributed by atoms with E-state index in [1.165, 1.54) is 10.6 Å². The second kappa shape index (κ2) is 10.1. The molecule has 1 saturated carbocycles. The summed E-state index contributed by atoms with van der Waals surface area (Å²) in [5.41, 5.74) is 1.62. The lowest BCUT2D eigenvalue weighted by molar-refractivity contribution is 0.0312. The Bertz CT molecular complexity index is 1400. The predicted molar refractivity (Wildman–Crippen MR) is 134 cm³/mol. The smallest absolute Gasteiger partial charge is 0.257 e. The Labute approximate surface area is 215 Å². The summed E-state index contributed by atoms with van der Waals surface area (Å²) in [4.78, 5) is 20.9. The van der Waals surface area contributed by atoms with Gasteiger partial charge in [-0.05, 0) is 37.7 Å². The van der Waals surface area contributed by atoms with Crippen LogP contribution in [0.5, 0.6) is 0 Å². The molecule has 0 bridgehead atoms. The highest BCUT2D eigenvalue weighted by atomic mass is 32.2. The first-order valence-electron chi connectivity index (χ1n) is 12.6. The second-order valence-corrected chi connectivity index (χ2v) is 12.2. The van der Waals surface area contributed by atoms with Crippen molar-refractivity contribution >= 4 is 27.0 Å². The van der Waals surface area contributed by atoms with E-state index in [0.717, 1.165) is 31.9 Å². The molecule has 2 fully saturated rings. The number of hydrogen-bond acceptors (Lipinski definition) is 7. The van der Waals surface area contributed by atoms with Gasteiger partial charge in [0, 0.05) is 12.1 Å². The zero-order valence-electron chi connectivity index (χ0n) is 21.2. The predicted octanol–water partition coefficient (Wildman–Crippen LogP) is 3.63. The van der Waals surface area contributed by atoms with Crippen molar-refractivity contribution in [2.75, 3.05) is 26.0 Å². The van der Waals surface area contributed by atoms with E-state index in [1.54, 1.807) is 19.1 Å². The van der Waals surface area contributed by atoms with Gasteiger partial charge in [-0.1, -0.05) is 31.0 Å². The van der Waals surface area contributed by atoms with Crippen molar-refractivity contribution in [3.8, 4) is 0 Å². The van der Waals surface area contributed by atoms with E-state index >= 15 is 4.39 Å². The molecule has 2 aliphatic rings. The maximum Gasteiger partial charge on any atom is 0.257 e. The molecule has 3 aromatic rings. The molecule has 10 nitrogen and oxygen atoms in total. The fourth-order valence-electron chi connectivity index (χ4n) is 5.47. The highest BCUT2D eigenvalue weighted by molar-refractivity contribution is 7.88. The maximum absolute atomic E-state index is 15.9. The van der Waals surface area contributed by atoms with Gasteiger partial charge >= 0.3 is 0 Å². The first kappa shape index (κ1) is 25.8. The summed E-state index contributed by atoms with van der Waals surface area (Å²) in [6.07, 6.45) is 6.31. The Kier molecular flexibility index (Phi) is 7.08. The zero-order valence-corrected chi connectivity index (χ0v) is 22.0. The summed E-state index contributed by atoms with van der Waals surface area (Å²) in [5.74, 6) is 0.274. The Morgan fingerprint density at radius 1 is 1.27 bits per heavy atom. The van der Waals surface area contributed by atoms with E-state index in [-0.39, 0.29) is 42.7 Å². The van der Waals surface area contributed by atoms with Crippen molar-refractivity contribution in [1.29, 1.82) is 0 Å². The third-order valence-electron chi connectivity index (χ3n) is 7.61. The molecule has 0 spiro atoms. The number of sulfonamides is 1. The molecule has 12 heteroatoms. The molecule has 0 radical (unpaired) electrons. The highest BCUT2D eigenvalue weighted by Gasteiger charge is 2.35. The highest BCUT2D eigenvalue weighted by Crippen LogP contribution is 2.38. The maximum atomic E-state index is 15.9. The number of imidazole rings is 1. The Balaban J connectivity index is 1.51. The van der Waals surface area contributed by atoms with E-state index < -0.39 is 27.9 Å². The van der Waals surface area contributed by atoms with Gasteiger partial charge in [0.25, 0.3) is 5.91 Å². The number of morpholine rings is 1. The first-order chi connectivity index (χ1) is 17.6. The number of halogens is 1. The summed E-state index contributed by atoms with van der Waals surface area (Å²) in [7, 11) is -3.56. The molecule has 37 heavy (non-hydrogen) atoms. The standard InChI is InChI=1S/C25H32FN5O5S/c1-14-4-6-16(7-5-14)22(29-25(32)18-12-36-30-15(18)2)24-27-19-9-8-17(21(26)23(19)28-24)20-13-35-11-10-31(20)37(3,33)34/h8-9,12,14,16,20,22H,4-7,10-11,13H2,1-3H3,(H,27,28)(H,29,32)/t14-,16-,20?,22-/m0/s1. The van der Waals surface area contributed by atoms with E-state index in [4.69, 9.17) is 9.26 Å². The summed E-state index contributed by atoms with van der Waals surface area (Å²) >= 11 is 0. The number of rotatable bonds is 6. The average molecular weight is 534 g/mol. The van der Waals surface area contributed by atoms with Gasteiger partial charge in [0.15, 0.2) is 5.82 Å². The topological polar surface area (TPSA) is 130 Å². The molecule has 1 amide bonds. The number of amides is 1. The molecule has 1 unspecified atom stereocenters. The van der Waals surface area contributed by atoms with Gasteiger partial charge in [-0.2, -0.15) is 4.31 Å². The monoisotopic (exact) mass is 533 g/mol. The number of aromatic amines is 1. The third-order valence-corrected chi connectivity index (χ3v) is 8.90. The summed E-state index contributed by atoms with van der Waals surface area (Å²) in [6.45, 7) is 4.39. The molecular formula is C25H32FN5O5S. The number of fused-ring (bicyclic) bond motifs is 1. The van der Waals surface area contributed by atoms with Gasteiger partial charge in [0.05, 0.1) is 42.8 Å². The number of H-pyrrole nitrogens is 1. The van der Waals surface area contributed by atoms with E-state index in [1.807, 2.05) is 0 Å². The van der Waals surface area contributed by atoms with Crippen LogP contribution in [0.15, 0.2) is 22.9 Å². The number of ether oxygens (including phenoxy) is 1. The quantitative estimate of drug-likeness (QED) is 0.495. The lowest BCUT2D eigenvalue weighted by atomic mass is 9.79. The van der Waals surface area contributed by atoms with Crippen LogP contribution in [0, 0.1) is 24.6 Å². The van der Waals surface area contributed by atoms with Crippen LogP contribution < -0.4 is 5.32 Å². The Morgan fingerprint density at radius 2 is 2.03 bits per heavy atom. The fraction of sp³-hybridized carbons (Fsp3) is 0.560. The first-order valence-corrected chi connectivity index (χ1v) is 14.4. The molecule has 1 aromatic carbocycles. The summed E-state index contributed by atoms with van der Waals surface area (Å²) < 4.78 is 52.2. The van der Waals surface area contributed by atoms with Crippen LogP contribution in [-0.2, 0) is 14.8 Å². The number of carbonyl (C=O) groups excluding carboxylic acids is 1. The fourth-order valence-corrected chi connectivity index (χ4v) is 6.51. The number of carbonyl (C=O) groups is 1. The average Bonchev–Trinajstić information content (AvgIpc) is 3.49. The van der Waals surface area contributed by atoms with Crippen LogP contribution in [0.2, 0.25) is 0 Å². The van der Waals surface area contributed by atoms with Crippen LogP contribution in [0.25, 0.3) is 11.0 Å². The van der Waals surface area contributed by atoms with Gasteiger partial charge in [-0.25, -0.2) is 17.8 Å². The van der Waals surface area contributed by atoms with Gasteiger partial charge in [0.2, 0.25) is 10.0 Å². The normalized spacial score (nSPS) is 24.3. The molecule has 5 rings (SSSR count). The number of hydrogen-bond donors (Lipinski definition) is 2. The minimum Gasteiger partial charge on any atom is -0.378 e. The molecule has 200 valence electrons. The van der Waals surface area contributed by atoms with Crippen LogP contribution in [0.3, 0.4) is 0 Å². The van der Waals surface area contributed by atoms with Gasteiger partial charge in [-0.3, -0.25) is 4.79 Å². The minimum absolute atomic E-state index is 0.0593. The largest absolute Gasteiger partial charge is 0.378 e. The number of nitrogens with one attached hydrogen (secondary N) is 2. The van der Waals surface area contributed by atoms with Crippen molar-refractivity contribution in [3.63, 3.8) is 0 Å². The van der Waals surface area contributed by atoms with E-state index in [2.05, 4.69) is 27.4 Å². The zero-order chi connectivity index (χ0) is 26.3. The number of aryl methyl sites for hydroxylation is 1. The molecule has 2 atom stereocenters. The Hall–Kier alpha value is -2.83. The summed E-state index contributed by atoms with van der Waals surface area (Å²) in [5, 5.41) is 6.88. The van der Waals surface area contributed by atoms with Crippen molar-refractivity contribution in [2.24, 2.45) is 11.8 Å². The molecule has 2 aromatic heterocycles. The van der Waals surface area contributed by atoms with Crippen molar-refractivity contribution < 1.29 is 26.9 Å². The lowest BCUT2D eigenvalue weighted by Gasteiger charge is -2.33. The Morgan fingerprint density at radius 3 is 2.70 bits per heavy atom. The minimum atomic E-state index is -3.56. The SMILES string of the molecule is Cc1nocc1C(=O)N[C@H](c1nc2c(F)c(C3COCCN3S(C)(=O)=O)ccc2[nH]1)[C@H]1CC[C@H](C)CC1. The third kappa shape index (κ3) is 5.14. The number of nitrogens with zero attached hydrogens (tertiary/aromatic N) is 3. The second-order valence-electron chi connectivity index (χ2n) is 10.2. The van der Waals surface area contributed by atoms with E-state index in [0.29, 0.717) is 28.5 Å². The van der Waals surface area contributed by atoms with Crippen LogP contribution in [0.1, 0.15) is 72.1 Å². The van der Waals surface area contributed by atoms with Crippen molar-refractivity contribution in [3.05, 3.63) is 46.9 Å². The summed E-state index contributed by atoms with van der Waals surface area (Å²) in [6, 6.07) is 2.04. The van der Waals surface area contributed by atoms with Crippen molar-refractivity contribution in [1.82, 2.24) is 24.7 Å². The van der Waals surface area contributed by atoms with Crippen molar-refractivity contribution in [2.45, 2.75) is 51.6 Å². The van der Waals surface area contributed by atoms with Gasteiger partial charge in [0.1, 0.15) is 23.2 Å². The number of benzene rings is 1. The molecule has 1 aliphatic carbocycles. The lowest BCUT2D eigenvalue weighted by Crippen LogP contribution is -2.43. The van der Waals surface area contributed by atoms with Gasteiger partial charge < -0.3 is 19.6 Å². The molecule has 1 aliphatic heterocycles. The number of aromatic nitrogens is 3. The molecular weight excluding hydrogens is 501 g/mol. The van der Waals surface area contributed by atoms with Crippen LogP contribution in [-0.4, -0.2) is 59.8 Å². The van der Waals surface area contributed by atoms with Gasteiger partial charge in [-0.15, -0.1) is 0 Å². The molecule has 2 N–H and O–H groups in total. The van der Waals surface area contributed by atoms with Crippen LogP contribution in [0.4, 0.5) is 4.39 Å². The van der Waals surface area contributed by atoms with Crippen LogP contribution >= 0.6 is 0 Å². The molecule has 3 heterocycles.